The van der Waals surface area contributed by atoms with E-state index in [-0.39, 0.29) is 12.6 Å². The van der Waals surface area contributed by atoms with Gasteiger partial charge in [-0.25, -0.2) is 4.79 Å². The van der Waals surface area contributed by atoms with Crippen molar-refractivity contribution in [2.75, 3.05) is 18.9 Å². The van der Waals surface area contributed by atoms with E-state index in [4.69, 9.17) is 11.6 Å². The van der Waals surface area contributed by atoms with Gasteiger partial charge in [0.05, 0.1) is 22.5 Å². The van der Waals surface area contributed by atoms with Gasteiger partial charge in [0.2, 0.25) is 0 Å². The maximum absolute atomic E-state index is 11.7. The summed E-state index contributed by atoms with van der Waals surface area (Å²) in [5.41, 5.74) is 1.17. The molecule has 17 heavy (non-hydrogen) atoms. The maximum atomic E-state index is 11.7. The molecule has 0 aromatic carbocycles. The van der Waals surface area contributed by atoms with Crippen LogP contribution in [-0.2, 0) is 0 Å². The molecule has 1 rings (SSSR count). The van der Waals surface area contributed by atoms with Crippen molar-refractivity contribution in [3.8, 4) is 0 Å². The number of halogens is 1. The number of aryl methyl sites for hydroxylation is 1. The second-order valence-corrected chi connectivity index (χ2v) is 4.30. The molecule has 1 unspecified atom stereocenters. The number of urea groups is 1. The van der Waals surface area contributed by atoms with Crippen molar-refractivity contribution in [3.63, 3.8) is 0 Å². The summed E-state index contributed by atoms with van der Waals surface area (Å²) in [4.78, 5) is 17.1. The summed E-state index contributed by atoms with van der Waals surface area (Å²) in [6.45, 7) is 3.64. The minimum atomic E-state index is -0.569. The standard InChI is InChI=1S/C11H16ClN3O2/c1-7(16)6-15(3)11(17)14-9-4-5-13-8(2)10(9)12/h4-5,7,16H,6H2,1-3H3,(H,13,14,17). The largest absolute Gasteiger partial charge is 0.392 e. The monoisotopic (exact) mass is 257 g/mol. The molecular formula is C11H16ClN3O2. The van der Waals surface area contributed by atoms with Gasteiger partial charge in [0.15, 0.2) is 0 Å². The van der Waals surface area contributed by atoms with Crippen molar-refractivity contribution in [1.29, 1.82) is 0 Å². The van der Waals surface area contributed by atoms with Gasteiger partial charge in [0, 0.05) is 19.8 Å². The Morgan fingerprint density at radius 1 is 1.71 bits per heavy atom. The fourth-order valence-corrected chi connectivity index (χ4v) is 1.49. The number of rotatable bonds is 3. The van der Waals surface area contributed by atoms with Gasteiger partial charge in [-0.05, 0) is 19.9 Å². The molecule has 1 atom stereocenters. The molecule has 0 radical (unpaired) electrons. The number of aliphatic hydroxyl groups is 1. The third-order valence-corrected chi connectivity index (χ3v) is 2.67. The lowest BCUT2D eigenvalue weighted by atomic mass is 10.3. The van der Waals surface area contributed by atoms with E-state index < -0.39 is 6.10 Å². The van der Waals surface area contributed by atoms with Crippen LogP contribution in [0.1, 0.15) is 12.6 Å². The zero-order chi connectivity index (χ0) is 13.0. The molecule has 2 N–H and O–H groups in total. The van der Waals surface area contributed by atoms with Gasteiger partial charge < -0.3 is 15.3 Å². The molecule has 0 spiro atoms. The molecule has 1 aromatic rings. The molecule has 0 fully saturated rings. The Balaban J connectivity index is 2.71. The van der Waals surface area contributed by atoms with Gasteiger partial charge in [0.25, 0.3) is 0 Å². The summed E-state index contributed by atoms with van der Waals surface area (Å²) in [6, 6.07) is 1.31. The normalized spacial score (nSPS) is 12.1. The third kappa shape index (κ3) is 3.87. The number of amides is 2. The number of carbonyl (C=O) groups is 1. The van der Waals surface area contributed by atoms with Crippen molar-refractivity contribution in [1.82, 2.24) is 9.88 Å². The molecule has 5 nitrogen and oxygen atoms in total. The number of nitrogens with zero attached hydrogens (tertiary/aromatic N) is 2. The first-order valence-corrected chi connectivity index (χ1v) is 5.61. The topological polar surface area (TPSA) is 65.5 Å². The minimum absolute atomic E-state index is 0.257. The fraction of sp³-hybridized carbons (Fsp3) is 0.455. The van der Waals surface area contributed by atoms with E-state index in [0.717, 1.165) is 0 Å². The van der Waals surface area contributed by atoms with Crippen molar-refractivity contribution < 1.29 is 9.90 Å². The summed E-state index contributed by atoms with van der Waals surface area (Å²) in [5, 5.41) is 12.3. The molecule has 0 saturated heterocycles. The van der Waals surface area contributed by atoms with Crippen LogP contribution in [0, 0.1) is 6.92 Å². The highest BCUT2D eigenvalue weighted by Crippen LogP contribution is 2.23. The Morgan fingerprint density at radius 3 is 2.94 bits per heavy atom. The second-order valence-electron chi connectivity index (χ2n) is 3.92. The van der Waals surface area contributed by atoms with Crippen molar-refractivity contribution in [2.24, 2.45) is 0 Å². The summed E-state index contributed by atoms with van der Waals surface area (Å²) >= 11 is 6.00. The van der Waals surface area contributed by atoms with Crippen LogP contribution in [0.3, 0.4) is 0 Å². The number of pyridine rings is 1. The number of likely N-dealkylation sites (N-methyl/N-ethyl adjacent to an activating group) is 1. The molecule has 0 bridgehead atoms. The van der Waals surface area contributed by atoms with Crippen LogP contribution >= 0.6 is 11.6 Å². The molecule has 0 aliphatic rings. The van der Waals surface area contributed by atoms with Crippen molar-refractivity contribution in [2.45, 2.75) is 20.0 Å². The van der Waals surface area contributed by atoms with Gasteiger partial charge in [-0.2, -0.15) is 0 Å². The first kappa shape index (κ1) is 13.7. The van der Waals surface area contributed by atoms with Crippen LogP contribution < -0.4 is 5.32 Å². The minimum Gasteiger partial charge on any atom is -0.392 e. The van der Waals surface area contributed by atoms with Crippen LogP contribution in [-0.4, -0.2) is 40.7 Å². The van der Waals surface area contributed by atoms with Crippen LogP contribution in [0.5, 0.6) is 0 Å². The molecule has 94 valence electrons. The smallest absolute Gasteiger partial charge is 0.321 e. The van der Waals surface area contributed by atoms with E-state index in [1.807, 2.05) is 0 Å². The Morgan fingerprint density at radius 2 is 2.35 bits per heavy atom. The molecule has 1 aromatic heterocycles. The molecule has 2 amide bonds. The summed E-state index contributed by atoms with van der Waals surface area (Å²) in [7, 11) is 1.60. The van der Waals surface area contributed by atoms with Gasteiger partial charge in [-0.3, -0.25) is 4.98 Å². The van der Waals surface area contributed by atoms with E-state index in [1.165, 1.54) is 4.90 Å². The van der Waals surface area contributed by atoms with Crippen LogP contribution in [0.2, 0.25) is 5.02 Å². The number of anilines is 1. The lowest BCUT2D eigenvalue weighted by molar-refractivity contribution is 0.149. The number of hydrogen-bond donors (Lipinski definition) is 2. The van der Waals surface area contributed by atoms with E-state index in [1.54, 1.807) is 33.2 Å². The van der Waals surface area contributed by atoms with Crippen LogP contribution in [0.4, 0.5) is 10.5 Å². The lowest BCUT2D eigenvalue weighted by Gasteiger charge is -2.19. The highest BCUT2D eigenvalue weighted by Gasteiger charge is 2.13. The molecule has 0 saturated carbocycles. The fourth-order valence-electron chi connectivity index (χ4n) is 1.33. The maximum Gasteiger partial charge on any atom is 0.321 e. The van der Waals surface area contributed by atoms with E-state index in [0.29, 0.717) is 16.4 Å². The number of aromatic nitrogens is 1. The van der Waals surface area contributed by atoms with Gasteiger partial charge >= 0.3 is 6.03 Å². The van der Waals surface area contributed by atoms with E-state index >= 15 is 0 Å². The highest BCUT2D eigenvalue weighted by atomic mass is 35.5. The van der Waals surface area contributed by atoms with Gasteiger partial charge in [0.1, 0.15) is 0 Å². The number of nitrogens with one attached hydrogen (secondary N) is 1. The predicted molar refractivity (Wildman–Crippen MR) is 67.3 cm³/mol. The number of hydrogen-bond acceptors (Lipinski definition) is 3. The van der Waals surface area contributed by atoms with Crippen LogP contribution in [0.25, 0.3) is 0 Å². The average Bonchev–Trinajstić information content (AvgIpc) is 2.23. The third-order valence-electron chi connectivity index (χ3n) is 2.19. The Kier molecular flexibility index (Phi) is 4.72. The second kappa shape index (κ2) is 5.84. The molecule has 1 heterocycles. The Bertz CT molecular complexity index is 410. The summed E-state index contributed by atoms with van der Waals surface area (Å²) < 4.78 is 0. The Hall–Kier alpha value is -1.33. The van der Waals surface area contributed by atoms with Crippen LogP contribution in [0.15, 0.2) is 12.3 Å². The quantitative estimate of drug-likeness (QED) is 0.869. The average molecular weight is 258 g/mol. The summed E-state index contributed by atoms with van der Waals surface area (Å²) in [5.74, 6) is 0. The molecular weight excluding hydrogens is 242 g/mol. The summed E-state index contributed by atoms with van der Waals surface area (Å²) in [6.07, 6.45) is 1.01. The zero-order valence-electron chi connectivity index (χ0n) is 10.1. The highest BCUT2D eigenvalue weighted by molar-refractivity contribution is 6.34. The van der Waals surface area contributed by atoms with E-state index in [2.05, 4.69) is 10.3 Å². The molecule has 6 heteroatoms. The Labute approximate surface area is 105 Å². The van der Waals surface area contributed by atoms with Gasteiger partial charge in [-0.15, -0.1) is 0 Å². The first-order valence-electron chi connectivity index (χ1n) is 5.23. The molecule has 0 aliphatic heterocycles. The number of carbonyl (C=O) groups excluding carboxylic acids is 1. The number of aliphatic hydroxyl groups excluding tert-OH is 1. The van der Waals surface area contributed by atoms with E-state index in [9.17, 15) is 9.90 Å². The lowest BCUT2D eigenvalue weighted by Crippen LogP contribution is -2.36. The van der Waals surface area contributed by atoms with Gasteiger partial charge in [-0.1, -0.05) is 11.6 Å². The first-order chi connectivity index (χ1) is 7.91. The predicted octanol–water partition coefficient (Wildman–Crippen LogP) is 1.89. The zero-order valence-corrected chi connectivity index (χ0v) is 10.8. The molecule has 0 aliphatic carbocycles. The van der Waals surface area contributed by atoms with Crippen molar-refractivity contribution >= 4 is 23.3 Å². The SMILES string of the molecule is Cc1nccc(NC(=O)N(C)CC(C)O)c1Cl. The van der Waals surface area contributed by atoms with Crippen molar-refractivity contribution in [3.05, 3.63) is 23.0 Å².